The zero-order valence-corrected chi connectivity index (χ0v) is 17.5. The van der Waals surface area contributed by atoms with E-state index in [1.54, 1.807) is 23.7 Å². The van der Waals surface area contributed by atoms with Gasteiger partial charge in [0.2, 0.25) is 10.0 Å². The van der Waals surface area contributed by atoms with Gasteiger partial charge in [0.05, 0.1) is 16.4 Å². The van der Waals surface area contributed by atoms with Crippen LogP contribution in [-0.4, -0.2) is 28.1 Å². The number of sulfonamides is 1. The summed E-state index contributed by atoms with van der Waals surface area (Å²) in [5, 5.41) is 19.9. The third kappa shape index (κ3) is 5.32. The number of nitrogens with one attached hydrogen (secondary N) is 1. The van der Waals surface area contributed by atoms with Gasteiger partial charge in [0.25, 0.3) is 5.69 Å². The van der Waals surface area contributed by atoms with Crippen molar-refractivity contribution in [2.45, 2.75) is 22.3 Å². The van der Waals surface area contributed by atoms with Crippen molar-refractivity contribution in [3.05, 3.63) is 75.1 Å². The summed E-state index contributed by atoms with van der Waals surface area (Å²) in [4.78, 5) is 10.4. The second-order valence-corrected chi connectivity index (χ2v) is 9.09. The van der Waals surface area contributed by atoms with Gasteiger partial charge in [0.15, 0.2) is 5.16 Å². The first-order valence-electron chi connectivity index (χ1n) is 8.26. The number of benzene rings is 2. The SMILES string of the molecule is Cn1c(CNS(=O)(=O)c2ccc(Cl)cc2)nnc1SCc1ccc([N+](=O)[O-])cc1. The molecule has 0 fully saturated rings. The topological polar surface area (TPSA) is 120 Å². The number of nitro benzene ring substituents is 1. The third-order valence-electron chi connectivity index (χ3n) is 3.98. The third-order valence-corrected chi connectivity index (χ3v) is 6.74. The number of nitro groups is 1. The van der Waals surface area contributed by atoms with Crippen LogP contribution >= 0.6 is 23.4 Å². The highest BCUT2D eigenvalue weighted by atomic mass is 35.5. The number of nitrogens with zero attached hydrogens (tertiary/aromatic N) is 4. The van der Waals surface area contributed by atoms with E-state index in [9.17, 15) is 18.5 Å². The van der Waals surface area contributed by atoms with E-state index in [2.05, 4.69) is 14.9 Å². The van der Waals surface area contributed by atoms with Gasteiger partial charge in [-0.3, -0.25) is 10.1 Å². The molecule has 1 aromatic heterocycles. The van der Waals surface area contributed by atoms with Gasteiger partial charge in [0, 0.05) is 30.0 Å². The summed E-state index contributed by atoms with van der Waals surface area (Å²) >= 11 is 7.18. The lowest BCUT2D eigenvalue weighted by atomic mass is 10.2. The molecule has 2 aromatic carbocycles. The van der Waals surface area contributed by atoms with Gasteiger partial charge in [0.1, 0.15) is 5.82 Å². The quantitative estimate of drug-likeness (QED) is 0.316. The summed E-state index contributed by atoms with van der Waals surface area (Å²) in [6, 6.07) is 12.1. The lowest BCUT2D eigenvalue weighted by Crippen LogP contribution is -2.24. The van der Waals surface area contributed by atoms with Crippen molar-refractivity contribution in [2.24, 2.45) is 7.05 Å². The standard InChI is InChI=1S/C17H16ClN5O4S2/c1-22-16(10-19-29(26,27)15-8-4-13(18)5-9-15)20-21-17(22)28-11-12-2-6-14(7-3-12)23(24)25/h2-9,19H,10-11H2,1H3. The monoisotopic (exact) mass is 453 g/mol. The molecule has 3 rings (SSSR count). The highest BCUT2D eigenvalue weighted by Gasteiger charge is 2.16. The Labute approximate surface area is 176 Å². The lowest BCUT2D eigenvalue weighted by molar-refractivity contribution is -0.384. The summed E-state index contributed by atoms with van der Waals surface area (Å²) in [5.41, 5.74) is 0.932. The molecule has 1 heterocycles. The molecule has 0 spiro atoms. The molecule has 0 unspecified atom stereocenters. The maximum absolute atomic E-state index is 12.4. The van der Waals surface area contributed by atoms with E-state index in [-0.39, 0.29) is 17.1 Å². The number of halogens is 1. The Morgan fingerprint density at radius 1 is 1.14 bits per heavy atom. The van der Waals surface area contributed by atoms with Crippen molar-refractivity contribution in [3.63, 3.8) is 0 Å². The van der Waals surface area contributed by atoms with E-state index in [1.165, 1.54) is 48.2 Å². The van der Waals surface area contributed by atoms with Gasteiger partial charge in [-0.05, 0) is 29.8 Å². The number of hydrogen-bond donors (Lipinski definition) is 1. The highest BCUT2D eigenvalue weighted by Crippen LogP contribution is 2.23. The maximum atomic E-state index is 12.4. The van der Waals surface area contributed by atoms with Gasteiger partial charge in [-0.25, -0.2) is 13.1 Å². The molecule has 0 saturated heterocycles. The van der Waals surface area contributed by atoms with Crippen molar-refractivity contribution in [2.75, 3.05) is 0 Å². The molecule has 152 valence electrons. The smallest absolute Gasteiger partial charge is 0.269 e. The minimum Gasteiger partial charge on any atom is -0.308 e. The Hall–Kier alpha value is -2.47. The molecular weight excluding hydrogens is 438 g/mol. The van der Waals surface area contributed by atoms with E-state index >= 15 is 0 Å². The lowest BCUT2D eigenvalue weighted by Gasteiger charge is -2.07. The molecule has 0 aliphatic carbocycles. The van der Waals surface area contributed by atoms with Gasteiger partial charge >= 0.3 is 0 Å². The molecule has 0 aliphatic rings. The van der Waals surface area contributed by atoms with Crippen LogP contribution in [0.25, 0.3) is 0 Å². The molecule has 0 saturated carbocycles. The predicted molar refractivity (Wildman–Crippen MR) is 109 cm³/mol. The fraction of sp³-hybridized carbons (Fsp3) is 0.176. The molecular formula is C17H16ClN5O4S2. The minimum absolute atomic E-state index is 0.0213. The van der Waals surface area contributed by atoms with Crippen LogP contribution in [0.5, 0.6) is 0 Å². The molecule has 0 atom stereocenters. The van der Waals surface area contributed by atoms with Gasteiger partial charge in [-0.1, -0.05) is 35.5 Å². The van der Waals surface area contributed by atoms with E-state index in [0.717, 1.165) is 5.56 Å². The Morgan fingerprint density at radius 2 is 1.79 bits per heavy atom. The first kappa shape index (κ1) is 21.2. The van der Waals surface area contributed by atoms with Crippen molar-refractivity contribution in [3.8, 4) is 0 Å². The summed E-state index contributed by atoms with van der Waals surface area (Å²) < 4.78 is 28.9. The predicted octanol–water partition coefficient (Wildman–Crippen LogP) is 3.15. The fourth-order valence-electron chi connectivity index (χ4n) is 2.34. The summed E-state index contributed by atoms with van der Waals surface area (Å²) in [6.45, 7) is -0.0213. The maximum Gasteiger partial charge on any atom is 0.269 e. The van der Waals surface area contributed by atoms with E-state index in [0.29, 0.717) is 21.8 Å². The molecule has 3 aromatic rings. The normalized spacial score (nSPS) is 11.5. The largest absolute Gasteiger partial charge is 0.308 e. The van der Waals surface area contributed by atoms with Crippen molar-refractivity contribution < 1.29 is 13.3 Å². The summed E-state index contributed by atoms with van der Waals surface area (Å²) in [6.07, 6.45) is 0. The Kier molecular flexibility index (Phi) is 6.52. The zero-order chi connectivity index (χ0) is 21.0. The van der Waals surface area contributed by atoms with Crippen LogP contribution in [0, 0.1) is 10.1 Å². The van der Waals surface area contributed by atoms with Crippen LogP contribution in [0.3, 0.4) is 0 Å². The average Bonchev–Trinajstić information content (AvgIpc) is 3.05. The second-order valence-electron chi connectivity index (χ2n) is 5.95. The Balaban J connectivity index is 1.61. The molecule has 0 bridgehead atoms. The average molecular weight is 454 g/mol. The zero-order valence-electron chi connectivity index (χ0n) is 15.1. The number of aromatic nitrogens is 3. The van der Waals surface area contributed by atoms with Crippen LogP contribution in [-0.2, 0) is 29.4 Å². The highest BCUT2D eigenvalue weighted by molar-refractivity contribution is 7.98. The molecule has 0 aliphatic heterocycles. The Morgan fingerprint density at radius 3 is 2.41 bits per heavy atom. The second kappa shape index (κ2) is 8.91. The first-order chi connectivity index (χ1) is 13.8. The molecule has 0 amide bonds. The number of non-ortho nitro benzene ring substituents is 1. The van der Waals surface area contributed by atoms with Crippen LogP contribution in [0.15, 0.2) is 58.6 Å². The van der Waals surface area contributed by atoms with Gasteiger partial charge < -0.3 is 4.57 Å². The van der Waals surface area contributed by atoms with Crippen molar-refractivity contribution >= 4 is 39.1 Å². The molecule has 9 nitrogen and oxygen atoms in total. The van der Waals surface area contributed by atoms with Crippen molar-refractivity contribution in [1.82, 2.24) is 19.5 Å². The molecule has 1 N–H and O–H groups in total. The van der Waals surface area contributed by atoms with Crippen molar-refractivity contribution in [1.29, 1.82) is 0 Å². The van der Waals surface area contributed by atoms with Crippen LogP contribution in [0.1, 0.15) is 11.4 Å². The van der Waals surface area contributed by atoms with Crippen LogP contribution < -0.4 is 4.72 Å². The van der Waals surface area contributed by atoms with Crippen LogP contribution in [0.4, 0.5) is 5.69 Å². The van der Waals surface area contributed by atoms with E-state index in [1.807, 2.05) is 0 Å². The fourth-order valence-corrected chi connectivity index (χ4v) is 4.34. The molecule has 12 heteroatoms. The molecule has 29 heavy (non-hydrogen) atoms. The number of rotatable bonds is 8. The minimum atomic E-state index is -3.70. The summed E-state index contributed by atoms with van der Waals surface area (Å²) in [5.74, 6) is 0.995. The van der Waals surface area contributed by atoms with E-state index < -0.39 is 14.9 Å². The number of hydrogen-bond acceptors (Lipinski definition) is 7. The summed E-state index contributed by atoms with van der Waals surface area (Å²) in [7, 11) is -1.96. The van der Waals surface area contributed by atoms with Gasteiger partial charge in [-0.15, -0.1) is 10.2 Å². The van der Waals surface area contributed by atoms with E-state index in [4.69, 9.17) is 11.6 Å². The number of thioether (sulfide) groups is 1. The van der Waals surface area contributed by atoms with Crippen LogP contribution in [0.2, 0.25) is 5.02 Å². The Bertz CT molecular complexity index is 1120. The molecule has 0 radical (unpaired) electrons. The van der Waals surface area contributed by atoms with Gasteiger partial charge in [-0.2, -0.15) is 0 Å². The first-order valence-corrected chi connectivity index (χ1v) is 11.1.